The zero-order valence-electron chi connectivity index (χ0n) is 10.9. The third-order valence-electron chi connectivity index (χ3n) is 2.36. The first kappa shape index (κ1) is 16.2. The minimum atomic E-state index is -1.15. The fourth-order valence-corrected chi connectivity index (χ4v) is 1.45. The minimum absolute atomic E-state index is 0.0798. The summed E-state index contributed by atoms with van der Waals surface area (Å²) in [6.45, 7) is 0.192. The van der Waals surface area contributed by atoms with Crippen LogP contribution in [0.1, 0.15) is 15.9 Å². The van der Waals surface area contributed by atoms with Crippen LogP contribution in [0.4, 0.5) is 9.18 Å². The Labute approximate surface area is 119 Å². The molecule has 0 aliphatic carbocycles. The number of rotatable bonds is 6. The van der Waals surface area contributed by atoms with Crippen LogP contribution >= 0.6 is 0 Å². The number of aliphatic carboxylic acids is 1. The van der Waals surface area contributed by atoms with Crippen molar-refractivity contribution in [2.75, 3.05) is 13.1 Å². The average Bonchev–Trinajstić information content (AvgIpc) is 2.42. The summed E-state index contributed by atoms with van der Waals surface area (Å²) in [4.78, 5) is 32.6. The fraction of sp³-hybridized carbons (Fsp3) is 0.154. The first-order valence-corrected chi connectivity index (χ1v) is 5.92. The molecule has 0 saturated carbocycles. The van der Waals surface area contributed by atoms with Crippen LogP contribution < -0.4 is 16.4 Å². The number of amides is 3. The Balaban J connectivity index is 2.72. The molecule has 0 spiro atoms. The molecule has 1 aromatic carbocycles. The van der Waals surface area contributed by atoms with E-state index in [1.165, 1.54) is 18.2 Å². The van der Waals surface area contributed by atoms with Crippen molar-refractivity contribution in [3.63, 3.8) is 0 Å². The van der Waals surface area contributed by atoms with E-state index in [1.807, 2.05) is 0 Å². The van der Waals surface area contributed by atoms with Crippen LogP contribution in [0.5, 0.6) is 0 Å². The molecule has 5 N–H and O–H groups in total. The van der Waals surface area contributed by atoms with E-state index < -0.39 is 23.7 Å². The molecule has 21 heavy (non-hydrogen) atoms. The molecule has 3 amide bonds. The number of benzene rings is 1. The maximum Gasteiger partial charge on any atom is 0.328 e. The molecule has 1 rings (SSSR count). The molecular weight excluding hydrogens is 281 g/mol. The zero-order valence-corrected chi connectivity index (χ0v) is 10.9. The number of carbonyl (C=O) groups is 3. The van der Waals surface area contributed by atoms with E-state index in [1.54, 1.807) is 0 Å². The van der Waals surface area contributed by atoms with Gasteiger partial charge in [0.25, 0.3) is 5.91 Å². The van der Waals surface area contributed by atoms with E-state index >= 15 is 0 Å². The Morgan fingerprint density at radius 1 is 1.24 bits per heavy atom. The summed E-state index contributed by atoms with van der Waals surface area (Å²) in [5.41, 5.74) is 5.00. The second-order valence-electron chi connectivity index (χ2n) is 3.96. The standard InChI is InChI=1S/C13H14FN3O4/c14-10-3-1-8(2-4-11(18)19)7-9(10)12(20)16-5-6-17-13(15)21/h1-4,7H,5-6H2,(H,16,20)(H,18,19)(H3,15,17,21)/b4-2+. The number of carboxylic acid groups (broad SMARTS) is 1. The number of primary amides is 1. The summed E-state index contributed by atoms with van der Waals surface area (Å²) in [6, 6.07) is 2.92. The van der Waals surface area contributed by atoms with Gasteiger partial charge >= 0.3 is 12.0 Å². The van der Waals surface area contributed by atoms with Gasteiger partial charge in [-0.2, -0.15) is 0 Å². The van der Waals surface area contributed by atoms with Gasteiger partial charge in [0.2, 0.25) is 0 Å². The van der Waals surface area contributed by atoms with Crippen LogP contribution in [0.15, 0.2) is 24.3 Å². The van der Waals surface area contributed by atoms with Crippen molar-refractivity contribution < 1.29 is 23.9 Å². The third kappa shape index (κ3) is 5.72. The summed E-state index contributed by atoms with van der Waals surface area (Å²) in [5, 5.41) is 13.2. The summed E-state index contributed by atoms with van der Waals surface area (Å²) < 4.78 is 13.6. The van der Waals surface area contributed by atoms with Crippen molar-refractivity contribution in [1.29, 1.82) is 0 Å². The van der Waals surface area contributed by atoms with Crippen molar-refractivity contribution >= 4 is 24.0 Å². The SMILES string of the molecule is NC(=O)NCCNC(=O)c1cc(/C=C/C(=O)O)ccc1F. The zero-order chi connectivity index (χ0) is 15.8. The van der Waals surface area contributed by atoms with E-state index in [2.05, 4.69) is 10.6 Å². The minimum Gasteiger partial charge on any atom is -0.478 e. The van der Waals surface area contributed by atoms with Gasteiger partial charge in [-0.25, -0.2) is 14.0 Å². The highest BCUT2D eigenvalue weighted by Crippen LogP contribution is 2.12. The van der Waals surface area contributed by atoms with Gasteiger partial charge in [0, 0.05) is 19.2 Å². The van der Waals surface area contributed by atoms with Gasteiger partial charge < -0.3 is 21.5 Å². The Bertz CT molecular complexity index is 587. The topological polar surface area (TPSA) is 122 Å². The van der Waals surface area contributed by atoms with E-state index in [-0.39, 0.29) is 18.7 Å². The molecule has 0 aliphatic heterocycles. The van der Waals surface area contributed by atoms with Gasteiger partial charge in [-0.1, -0.05) is 6.07 Å². The van der Waals surface area contributed by atoms with E-state index in [4.69, 9.17) is 10.8 Å². The normalized spacial score (nSPS) is 10.3. The largest absolute Gasteiger partial charge is 0.478 e. The molecule has 0 saturated heterocycles. The molecule has 0 heterocycles. The highest BCUT2D eigenvalue weighted by molar-refractivity contribution is 5.95. The predicted octanol–water partition coefficient (Wildman–Crippen LogP) is 0.322. The number of nitrogens with one attached hydrogen (secondary N) is 2. The molecule has 1 aromatic rings. The van der Waals surface area contributed by atoms with E-state index in [0.717, 1.165) is 12.1 Å². The number of nitrogens with two attached hydrogens (primary N) is 1. The predicted molar refractivity (Wildman–Crippen MR) is 73.0 cm³/mol. The Kier molecular flexibility index (Phi) is 5.87. The Hall–Kier alpha value is -2.90. The molecular formula is C13H14FN3O4. The second-order valence-corrected chi connectivity index (χ2v) is 3.96. The lowest BCUT2D eigenvalue weighted by Gasteiger charge is -2.07. The van der Waals surface area contributed by atoms with Crippen LogP contribution in [0.25, 0.3) is 6.08 Å². The molecule has 0 atom stereocenters. The molecule has 0 unspecified atom stereocenters. The Morgan fingerprint density at radius 2 is 1.90 bits per heavy atom. The van der Waals surface area contributed by atoms with Crippen molar-refractivity contribution in [2.24, 2.45) is 5.73 Å². The lowest BCUT2D eigenvalue weighted by atomic mass is 10.1. The molecule has 0 bridgehead atoms. The van der Waals surface area contributed by atoms with Crippen molar-refractivity contribution in [3.05, 3.63) is 41.2 Å². The van der Waals surface area contributed by atoms with Crippen LogP contribution in [-0.4, -0.2) is 36.1 Å². The van der Waals surface area contributed by atoms with Crippen molar-refractivity contribution in [1.82, 2.24) is 10.6 Å². The molecule has 0 aromatic heterocycles. The number of urea groups is 1. The fourth-order valence-electron chi connectivity index (χ4n) is 1.45. The van der Waals surface area contributed by atoms with Crippen LogP contribution in [0.3, 0.4) is 0 Å². The summed E-state index contributed by atoms with van der Waals surface area (Å²) in [5.74, 6) is -2.56. The third-order valence-corrected chi connectivity index (χ3v) is 2.36. The molecule has 8 heteroatoms. The molecule has 0 radical (unpaired) electrons. The highest BCUT2D eigenvalue weighted by atomic mass is 19.1. The lowest BCUT2D eigenvalue weighted by Crippen LogP contribution is -2.37. The summed E-state index contributed by atoms with van der Waals surface area (Å²) in [6.07, 6.45) is 2.12. The maximum absolute atomic E-state index is 13.6. The molecule has 0 aliphatic rings. The Morgan fingerprint density at radius 3 is 2.52 bits per heavy atom. The number of hydrogen-bond donors (Lipinski definition) is 4. The van der Waals surface area contributed by atoms with Crippen LogP contribution in [0.2, 0.25) is 0 Å². The van der Waals surface area contributed by atoms with Gasteiger partial charge in [-0.15, -0.1) is 0 Å². The first-order valence-electron chi connectivity index (χ1n) is 5.92. The number of carbonyl (C=O) groups excluding carboxylic acids is 2. The van der Waals surface area contributed by atoms with Crippen molar-refractivity contribution in [2.45, 2.75) is 0 Å². The van der Waals surface area contributed by atoms with Gasteiger partial charge in [0.05, 0.1) is 5.56 Å². The summed E-state index contributed by atoms with van der Waals surface area (Å²) in [7, 11) is 0. The smallest absolute Gasteiger partial charge is 0.328 e. The molecule has 0 fully saturated rings. The molecule has 112 valence electrons. The number of hydrogen-bond acceptors (Lipinski definition) is 3. The van der Waals surface area contributed by atoms with Gasteiger partial charge in [0.1, 0.15) is 5.82 Å². The average molecular weight is 295 g/mol. The van der Waals surface area contributed by atoms with E-state index in [9.17, 15) is 18.8 Å². The summed E-state index contributed by atoms with van der Waals surface area (Å²) >= 11 is 0. The van der Waals surface area contributed by atoms with Crippen molar-refractivity contribution in [3.8, 4) is 0 Å². The van der Waals surface area contributed by atoms with E-state index in [0.29, 0.717) is 5.56 Å². The van der Waals surface area contributed by atoms with Gasteiger partial charge in [-0.05, 0) is 23.8 Å². The quantitative estimate of drug-likeness (QED) is 0.446. The second kappa shape index (κ2) is 7.63. The molecule has 7 nitrogen and oxygen atoms in total. The highest BCUT2D eigenvalue weighted by Gasteiger charge is 2.11. The number of halogens is 1. The first-order chi connectivity index (χ1) is 9.90. The van der Waals surface area contributed by atoms with Gasteiger partial charge in [0.15, 0.2) is 0 Å². The van der Waals surface area contributed by atoms with Gasteiger partial charge in [-0.3, -0.25) is 4.79 Å². The maximum atomic E-state index is 13.6. The van der Waals surface area contributed by atoms with Crippen LogP contribution in [-0.2, 0) is 4.79 Å². The lowest BCUT2D eigenvalue weighted by molar-refractivity contribution is -0.131. The van der Waals surface area contributed by atoms with Crippen LogP contribution in [0, 0.1) is 5.82 Å². The number of carboxylic acids is 1. The monoisotopic (exact) mass is 295 g/mol.